The van der Waals surface area contributed by atoms with Crippen LogP contribution in [-0.4, -0.2) is 6.18 Å². The molecule has 1 nitrogen and oxygen atoms in total. The summed E-state index contributed by atoms with van der Waals surface area (Å²) in [6, 6.07) is 25.5. The molecule has 0 amide bonds. The van der Waals surface area contributed by atoms with Crippen molar-refractivity contribution >= 4 is 5.57 Å². The molecule has 0 aliphatic heterocycles. The summed E-state index contributed by atoms with van der Waals surface area (Å²) < 4.78 is 47.0. The van der Waals surface area contributed by atoms with Crippen molar-refractivity contribution in [3.63, 3.8) is 0 Å². The third kappa shape index (κ3) is 4.54. The molecule has 3 aromatic carbocycles. The lowest BCUT2D eigenvalue weighted by molar-refractivity contribution is -0.0694. The largest absolute Gasteiger partial charge is 0.482 e. The molecule has 0 aliphatic rings. The van der Waals surface area contributed by atoms with Crippen LogP contribution in [0.2, 0.25) is 0 Å². The molecule has 3 aromatic rings. The molecule has 0 aromatic heterocycles. The SMILES string of the molecule is FC(F)(F)/C(=C/[C@@H](Oc1ccccc1)c1ccccc1)c1ccccc1. The van der Waals surface area contributed by atoms with E-state index in [0.29, 0.717) is 11.3 Å². The highest BCUT2D eigenvalue weighted by Crippen LogP contribution is 2.37. The van der Waals surface area contributed by atoms with Gasteiger partial charge in [0.2, 0.25) is 0 Å². The fraction of sp³-hybridized carbons (Fsp3) is 0.0909. The zero-order valence-electron chi connectivity index (χ0n) is 13.9. The summed E-state index contributed by atoms with van der Waals surface area (Å²) >= 11 is 0. The summed E-state index contributed by atoms with van der Waals surface area (Å²) in [5.41, 5.74) is 0.0366. The maximum atomic E-state index is 13.7. The lowest BCUT2D eigenvalue weighted by Gasteiger charge is -2.20. The van der Waals surface area contributed by atoms with Gasteiger partial charge in [0.25, 0.3) is 0 Å². The third-order valence-electron chi connectivity index (χ3n) is 3.84. The molecule has 0 heterocycles. The Morgan fingerprint density at radius 1 is 0.731 bits per heavy atom. The van der Waals surface area contributed by atoms with Crippen LogP contribution >= 0.6 is 0 Å². The van der Waals surface area contributed by atoms with E-state index >= 15 is 0 Å². The van der Waals surface area contributed by atoms with E-state index in [4.69, 9.17) is 4.74 Å². The van der Waals surface area contributed by atoms with E-state index in [-0.39, 0.29) is 5.56 Å². The Hall–Kier alpha value is -3.01. The second-order valence-electron chi connectivity index (χ2n) is 5.71. The fourth-order valence-corrected chi connectivity index (χ4v) is 2.61. The van der Waals surface area contributed by atoms with Gasteiger partial charge in [0.1, 0.15) is 11.9 Å². The van der Waals surface area contributed by atoms with Gasteiger partial charge in [-0.3, -0.25) is 0 Å². The van der Waals surface area contributed by atoms with E-state index in [1.54, 1.807) is 66.7 Å². The Morgan fingerprint density at radius 2 is 1.23 bits per heavy atom. The van der Waals surface area contributed by atoms with Crippen molar-refractivity contribution in [3.8, 4) is 5.75 Å². The summed E-state index contributed by atoms with van der Waals surface area (Å²) in [6.45, 7) is 0. The Bertz CT molecular complexity index is 841. The lowest BCUT2D eigenvalue weighted by atomic mass is 10.0. The molecule has 3 rings (SSSR count). The number of alkyl halides is 3. The summed E-state index contributed by atoms with van der Waals surface area (Å²) in [7, 11) is 0. The number of ether oxygens (including phenoxy) is 1. The maximum Gasteiger partial charge on any atom is 0.416 e. The molecule has 0 aliphatic carbocycles. The first-order chi connectivity index (χ1) is 12.5. The Morgan fingerprint density at radius 3 is 1.77 bits per heavy atom. The minimum Gasteiger partial charge on any atom is -0.482 e. The number of benzene rings is 3. The van der Waals surface area contributed by atoms with Gasteiger partial charge in [0.05, 0.1) is 5.57 Å². The topological polar surface area (TPSA) is 9.23 Å². The molecule has 0 saturated heterocycles. The van der Waals surface area contributed by atoms with E-state index in [1.807, 2.05) is 12.1 Å². The number of hydrogen-bond acceptors (Lipinski definition) is 1. The van der Waals surface area contributed by atoms with E-state index in [2.05, 4.69) is 0 Å². The van der Waals surface area contributed by atoms with Gasteiger partial charge in [0.15, 0.2) is 0 Å². The Labute approximate surface area is 150 Å². The zero-order chi connectivity index (χ0) is 18.4. The molecule has 26 heavy (non-hydrogen) atoms. The molecule has 0 unspecified atom stereocenters. The predicted molar refractivity (Wildman–Crippen MR) is 96.7 cm³/mol. The predicted octanol–water partition coefficient (Wildman–Crippen LogP) is 6.45. The first-order valence-electron chi connectivity index (χ1n) is 8.15. The highest BCUT2D eigenvalue weighted by Gasteiger charge is 2.35. The van der Waals surface area contributed by atoms with E-state index in [9.17, 15) is 13.2 Å². The van der Waals surface area contributed by atoms with Crippen LogP contribution in [0, 0.1) is 0 Å². The number of halogens is 3. The highest BCUT2D eigenvalue weighted by molar-refractivity contribution is 5.70. The zero-order valence-corrected chi connectivity index (χ0v) is 13.9. The van der Waals surface area contributed by atoms with Crippen LogP contribution in [0.3, 0.4) is 0 Å². The van der Waals surface area contributed by atoms with Crippen molar-refractivity contribution in [3.05, 3.63) is 108 Å². The van der Waals surface area contributed by atoms with Gasteiger partial charge in [-0.25, -0.2) is 0 Å². The van der Waals surface area contributed by atoms with Gasteiger partial charge in [-0.15, -0.1) is 0 Å². The molecule has 0 N–H and O–H groups in total. The normalized spacial score (nSPS) is 13.3. The lowest BCUT2D eigenvalue weighted by Crippen LogP contribution is -2.14. The molecule has 1 atom stereocenters. The molecule has 0 spiro atoms. The van der Waals surface area contributed by atoms with Crippen molar-refractivity contribution in [1.29, 1.82) is 0 Å². The number of hydrogen-bond donors (Lipinski definition) is 0. The summed E-state index contributed by atoms with van der Waals surface area (Å²) in [5.74, 6) is 0.507. The second-order valence-corrected chi connectivity index (χ2v) is 5.71. The summed E-state index contributed by atoms with van der Waals surface area (Å²) in [6.07, 6.45) is -4.22. The summed E-state index contributed by atoms with van der Waals surface area (Å²) in [4.78, 5) is 0. The number of rotatable bonds is 5. The number of para-hydroxylation sites is 1. The van der Waals surface area contributed by atoms with Crippen molar-refractivity contribution in [2.24, 2.45) is 0 Å². The van der Waals surface area contributed by atoms with Crippen LogP contribution in [0.5, 0.6) is 5.75 Å². The first kappa shape index (κ1) is 17.8. The van der Waals surface area contributed by atoms with Gasteiger partial charge >= 0.3 is 6.18 Å². The quantitative estimate of drug-likeness (QED) is 0.511. The fourth-order valence-electron chi connectivity index (χ4n) is 2.61. The average Bonchev–Trinajstić information content (AvgIpc) is 2.66. The van der Waals surface area contributed by atoms with Crippen LogP contribution in [0.25, 0.3) is 5.57 Å². The summed E-state index contributed by atoms with van der Waals surface area (Å²) in [5, 5.41) is 0. The minimum absolute atomic E-state index is 0.109. The Balaban J connectivity index is 2.06. The van der Waals surface area contributed by atoms with Gasteiger partial charge in [0, 0.05) is 0 Å². The van der Waals surface area contributed by atoms with E-state index in [1.165, 1.54) is 12.1 Å². The van der Waals surface area contributed by atoms with Gasteiger partial charge in [-0.2, -0.15) is 13.2 Å². The highest BCUT2D eigenvalue weighted by atomic mass is 19.4. The minimum atomic E-state index is -4.49. The number of allylic oxidation sites excluding steroid dienone is 1. The van der Waals surface area contributed by atoms with Crippen molar-refractivity contribution in [2.45, 2.75) is 12.3 Å². The van der Waals surface area contributed by atoms with Crippen LogP contribution in [0.4, 0.5) is 13.2 Å². The molecule has 0 bridgehead atoms. The molecule has 0 radical (unpaired) electrons. The van der Waals surface area contributed by atoms with Gasteiger partial charge in [-0.1, -0.05) is 78.9 Å². The van der Waals surface area contributed by atoms with Crippen LogP contribution in [0.15, 0.2) is 97.1 Å². The van der Waals surface area contributed by atoms with E-state index in [0.717, 1.165) is 6.08 Å². The van der Waals surface area contributed by atoms with Crippen molar-refractivity contribution in [1.82, 2.24) is 0 Å². The van der Waals surface area contributed by atoms with Crippen LogP contribution in [-0.2, 0) is 0 Å². The average molecular weight is 354 g/mol. The van der Waals surface area contributed by atoms with E-state index < -0.39 is 17.9 Å². The van der Waals surface area contributed by atoms with Gasteiger partial charge in [-0.05, 0) is 29.3 Å². The maximum absolute atomic E-state index is 13.7. The van der Waals surface area contributed by atoms with Gasteiger partial charge < -0.3 is 4.74 Å². The smallest absolute Gasteiger partial charge is 0.416 e. The first-order valence-corrected chi connectivity index (χ1v) is 8.15. The standard InChI is InChI=1S/C22H17F3O/c23-22(24,25)20(17-10-4-1-5-11-17)16-21(18-12-6-2-7-13-18)26-19-14-8-3-9-15-19/h1-16,21H/b20-16+/t21-/m1/s1. The van der Waals surface area contributed by atoms with Crippen molar-refractivity contribution < 1.29 is 17.9 Å². The molecular formula is C22H17F3O. The molecule has 132 valence electrons. The molecule has 4 heteroatoms. The van der Waals surface area contributed by atoms with Crippen LogP contribution in [0.1, 0.15) is 17.2 Å². The molecule has 0 fully saturated rings. The second kappa shape index (κ2) is 7.91. The molecular weight excluding hydrogens is 337 g/mol. The third-order valence-corrected chi connectivity index (χ3v) is 3.84. The molecule has 0 saturated carbocycles. The Kier molecular flexibility index (Phi) is 5.42. The van der Waals surface area contributed by atoms with Crippen LogP contribution < -0.4 is 4.74 Å². The monoisotopic (exact) mass is 354 g/mol. The van der Waals surface area contributed by atoms with Crippen molar-refractivity contribution in [2.75, 3.05) is 0 Å².